The highest BCUT2D eigenvalue weighted by molar-refractivity contribution is 5.53. The van der Waals surface area contributed by atoms with E-state index in [1.165, 1.54) is 37.7 Å². The molecule has 0 bridgehead atoms. The number of unbranched alkanes of at least 4 members (excludes halogenated alkanes) is 2. The Labute approximate surface area is 141 Å². The molecule has 1 heterocycles. The normalized spacial score (nSPS) is 28.6. The minimum Gasteiger partial charge on any atom is -0.507 e. The van der Waals surface area contributed by atoms with Gasteiger partial charge in [-0.2, -0.15) is 0 Å². The first kappa shape index (κ1) is 16.7. The summed E-state index contributed by atoms with van der Waals surface area (Å²) in [5.74, 6) is 2.64. The molecule has 0 amide bonds. The lowest BCUT2D eigenvalue weighted by Gasteiger charge is -2.48. The molecule has 1 saturated carbocycles. The molecule has 128 valence electrons. The maximum Gasteiger partial charge on any atom is 0.127 e. The summed E-state index contributed by atoms with van der Waals surface area (Å²) in [6.45, 7) is 9.14. The summed E-state index contributed by atoms with van der Waals surface area (Å²) in [6.07, 6.45) is 8.62. The molecule has 1 aliphatic carbocycles. The Hall–Kier alpha value is -1.18. The fourth-order valence-corrected chi connectivity index (χ4v) is 4.75. The van der Waals surface area contributed by atoms with E-state index in [1.54, 1.807) is 0 Å². The molecule has 1 aromatic rings. The van der Waals surface area contributed by atoms with Gasteiger partial charge in [0.05, 0.1) is 0 Å². The second-order valence-corrected chi connectivity index (χ2v) is 8.35. The Morgan fingerprint density at radius 1 is 1.22 bits per heavy atom. The van der Waals surface area contributed by atoms with E-state index in [2.05, 4.69) is 33.8 Å². The summed E-state index contributed by atoms with van der Waals surface area (Å²) < 4.78 is 6.41. The van der Waals surface area contributed by atoms with Crippen LogP contribution in [-0.2, 0) is 11.8 Å². The van der Waals surface area contributed by atoms with E-state index < -0.39 is 0 Å². The smallest absolute Gasteiger partial charge is 0.127 e. The van der Waals surface area contributed by atoms with Gasteiger partial charge in [0.15, 0.2) is 0 Å². The molecule has 1 aliphatic heterocycles. The van der Waals surface area contributed by atoms with Gasteiger partial charge in [-0.15, -0.1) is 0 Å². The Bertz CT molecular complexity index is 561. The third-order valence-corrected chi connectivity index (χ3v) is 6.11. The number of ether oxygens (including phenoxy) is 1. The van der Waals surface area contributed by atoms with Crippen LogP contribution in [0.2, 0.25) is 0 Å². The topological polar surface area (TPSA) is 29.5 Å². The zero-order valence-corrected chi connectivity index (χ0v) is 15.2. The Balaban J connectivity index is 1.92. The third-order valence-electron chi connectivity index (χ3n) is 6.11. The predicted octanol–water partition coefficient (Wildman–Crippen LogP) is 5.60. The first-order valence-corrected chi connectivity index (χ1v) is 9.46. The highest BCUT2D eigenvalue weighted by Crippen LogP contribution is 2.53. The van der Waals surface area contributed by atoms with Gasteiger partial charge in [-0.25, -0.2) is 0 Å². The fourth-order valence-electron chi connectivity index (χ4n) is 4.75. The molecule has 1 aromatic carbocycles. The van der Waals surface area contributed by atoms with Crippen molar-refractivity contribution in [3.8, 4) is 11.5 Å². The van der Waals surface area contributed by atoms with Crippen molar-refractivity contribution in [2.24, 2.45) is 11.8 Å². The van der Waals surface area contributed by atoms with Crippen molar-refractivity contribution in [3.05, 3.63) is 23.3 Å². The van der Waals surface area contributed by atoms with Crippen LogP contribution in [-0.4, -0.2) is 11.2 Å². The number of phenolic OH excluding ortho intramolecular Hbond substituents is 1. The third kappa shape index (κ3) is 3.09. The van der Waals surface area contributed by atoms with Gasteiger partial charge in [-0.05, 0) is 49.3 Å². The Morgan fingerprint density at radius 2 is 2.00 bits per heavy atom. The second-order valence-electron chi connectivity index (χ2n) is 8.35. The molecule has 3 atom stereocenters. The second kappa shape index (κ2) is 6.37. The summed E-state index contributed by atoms with van der Waals surface area (Å²) in [5.41, 5.74) is 2.24. The minimum atomic E-state index is -0.00950. The molecule has 1 unspecified atom stereocenters. The zero-order valence-electron chi connectivity index (χ0n) is 15.2. The number of hydrogen-bond donors (Lipinski definition) is 1. The molecule has 2 heteroatoms. The van der Waals surface area contributed by atoms with Crippen LogP contribution in [0, 0.1) is 11.8 Å². The Morgan fingerprint density at radius 3 is 2.74 bits per heavy atom. The molecule has 3 rings (SSSR count). The van der Waals surface area contributed by atoms with Crippen molar-refractivity contribution in [1.29, 1.82) is 0 Å². The van der Waals surface area contributed by atoms with E-state index in [4.69, 9.17) is 4.74 Å². The van der Waals surface area contributed by atoms with E-state index in [0.717, 1.165) is 30.1 Å². The van der Waals surface area contributed by atoms with Crippen LogP contribution in [0.1, 0.15) is 77.3 Å². The summed E-state index contributed by atoms with van der Waals surface area (Å²) in [5, 5.41) is 10.7. The van der Waals surface area contributed by atoms with Crippen molar-refractivity contribution in [2.45, 2.75) is 84.2 Å². The molecular formula is C21H32O2. The highest BCUT2D eigenvalue weighted by atomic mass is 16.5. The van der Waals surface area contributed by atoms with E-state index >= 15 is 0 Å². The molecule has 0 radical (unpaired) electrons. The van der Waals surface area contributed by atoms with E-state index in [0.29, 0.717) is 17.8 Å². The van der Waals surface area contributed by atoms with Gasteiger partial charge in [0.25, 0.3) is 0 Å². The lowest BCUT2D eigenvalue weighted by Crippen LogP contribution is -2.47. The van der Waals surface area contributed by atoms with Crippen molar-refractivity contribution >= 4 is 0 Å². The van der Waals surface area contributed by atoms with E-state index in [9.17, 15) is 5.11 Å². The number of benzene rings is 1. The van der Waals surface area contributed by atoms with Crippen molar-refractivity contribution < 1.29 is 9.84 Å². The number of phenols is 1. The van der Waals surface area contributed by atoms with Crippen molar-refractivity contribution in [2.75, 3.05) is 0 Å². The van der Waals surface area contributed by atoms with Crippen LogP contribution in [0.25, 0.3) is 0 Å². The minimum absolute atomic E-state index is 0.00950. The van der Waals surface area contributed by atoms with Crippen molar-refractivity contribution in [3.63, 3.8) is 0 Å². The number of hydrogen-bond acceptors (Lipinski definition) is 2. The van der Waals surface area contributed by atoms with Gasteiger partial charge >= 0.3 is 0 Å². The average Bonchev–Trinajstić information content (AvgIpc) is 2.46. The standard InChI is InChI=1S/C21H32O2/c1-5-6-7-8-15-12-17(22)20-19(13-15)23-18-11-14(2)9-10-16(18)21(20,3)4/h12-14,16,18,22H,5-11H2,1-4H3/t14?,16-,18+/m0/s1. The number of aryl methyl sites for hydroxylation is 1. The first-order chi connectivity index (χ1) is 10.9. The fraction of sp³-hybridized carbons (Fsp3) is 0.714. The summed E-state index contributed by atoms with van der Waals surface area (Å²) in [4.78, 5) is 0. The molecule has 2 aliphatic rings. The molecule has 0 saturated heterocycles. The highest BCUT2D eigenvalue weighted by Gasteiger charge is 2.47. The predicted molar refractivity (Wildman–Crippen MR) is 95.3 cm³/mol. The lowest BCUT2D eigenvalue weighted by molar-refractivity contribution is 0.00966. The molecular weight excluding hydrogens is 284 g/mol. The molecule has 1 fully saturated rings. The number of aromatic hydroxyl groups is 1. The van der Waals surface area contributed by atoms with Crippen LogP contribution in [0.3, 0.4) is 0 Å². The monoisotopic (exact) mass is 316 g/mol. The van der Waals surface area contributed by atoms with Crippen LogP contribution < -0.4 is 4.74 Å². The van der Waals surface area contributed by atoms with Gasteiger partial charge in [0.1, 0.15) is 17.6 Å². The average molecular weight is 316 g/mol. The molecule has 0 spiro atoms. The van der Waals surface area contributed by atoms with Gasteiger partial charge in [-0.1, -0.05) is 47.0 Å². The Kier molecular flexibility index (Phi) is 4.62. The van der Waals surface area contributed by atoms with Gasteiger partial charge in [0, 0.05) is 16.9 Å². The van der Waals surface area contributed by atoms with Crippen LogP contribution in [0.5, 0.6) is 11.5 Å². The van der Waals surface area contributed by atoms with E-state index in [1.807, 2.05) is 6.07 Å². The summed E-state index contributed by atoms with van der Waals surface area (Å²) in [6, 6.07) is 4.17. The molecule has 23 heavy (non-hydrogen) atoms. The number of rotatable bonds is 4. The van der Waals surface area contributed by atoms with Crippen LogP contribution >= 0.6 is 0 Å². The van der Waals surface area contributed by atoms with Crippen molar-refractivity contribution in [1.82, 2.24) is 0 Å². The lowest BCUT2D eigenvalue weighted by atomic mass is 9.62. The number of fused-ring (bicyclic) bond motifs is 2. The SMILES string of the molecule is CCCCCc1cc(O)c2c(c1)O[C@@H]1CC(C)CC[C@@H]1C2(C)C. The van der Waals surface area contributed by atoms with Crippen LogP contribution in [0.4, 0.5) is 0 Å². The van der Waals surface area contributed by atoms with Gasteiger partial charge in [-0.3, -0.25) is 0 Å². The summed E-state index contributed by atoms with van der Waals surface area (Å²) >= 11 is 0. The zero-order chi connectivity index (χ0) is 16.6. The van der Waals surface area contributed by atoms with Crippen LogP contribution in [0.15, 0.2) is 12.1 Å². The molecule has 1 N–H and O–H groups in total. The quantitative estimate of drug-likeness (QED) is 0.733. The largest absolute Gasteiger partial charge is 0.507 e. The molecule has 2 nitrogen and oxygen atoms in total. The molecule has 0 aromatic heterocycles. The van der Waals surface area contributed by atoms with Gasteiger partial charge in [0.2, 0.25) is 0 Å². The summed E-state index contributed by atoms with van der Waals surface area (Å²) in [7, 11) is 0. The maximum absolute atomic E-state index is 10.7. The van der Waals surface area contributed by atoms with Gasteiger partial charge < -0.3 is 9.84 Å². The first-order valence-electron chi connectivity index (χ1n) is 9.46. The van der Waals surface area contributed by atoms with E-state index in [-0.39, 0.29) is 5.41 Å². The maximum atomic E-state index is 10.7.